The lowest BCUT2D eigenvalue weighted by atomic mass is 9.83. The summed E-state index contributed by atoms with van der Waals surface area (Å²) < 4.78 is 6.66. The Labute approximate surface area is 126 Å². The second kappa shape index (κ2) is 7.91. The van der Waals surface area contributed by atoms with Gasteiger partial charge in [0.2, 0.25) is 0 Å². The van der Waals surface area contributed by atoms with Gasteiger partial charge in [0.1, 0.15) is 5.75 Å². The van der Waals surface area contributed by atoms with Crippen LogP contribution in [0, 0.1) is 5.41 Å². The first-order chi connectivity index (χ1) is 8.98. The van der Waals surface area contributed by atoms with Gasteiger partial charge in [-0.25, -0.2) is 0 Å². The van der Waals surface area contributed by atoms with Crippen LogP contribution in [0.2, 0.25) is 0 Å². The molecule has 0 spiro atoms. The van der Waals surface area contributed by atoms with Crippen LogP contribution in [-0.2, 0) is 6.42 Å². The quantitative estimate of drug-likeness (QED) is 0.763. The molecule has 3 heteroatoms. The molecule has 1 aromatic carbocycles. The van der Waals surface area contributed by atoms with E-state index >= 15 is 0 Å². The number of benzene rings is 1. The normalized spacial score (nSPS) is 11.6. The fourth-order valence-electron chi connectivity index (χ4n) is 2.05. The molecule has 0 amide bonds. The molecule has 1 rings (SSSR count). The van der Waals surface area contributed by atoms with Crippen molar-refractivity contribution < 1.29 is 4.74 Å². The lowest BCUT2D eigenvalue weighted by Gasteiger charge is -2.24. The first-order valence-electron chi connectivity index (χ1n) is 7.04. The number of ether oxygens (including phenoxy) is 1. The van der Waals surface area contributed by atoms with Crippen molar-refractivity contribution in [2.75, 3.05) is 20.2 Å². The Morgan fingerprint density at radius 1 is 1.26 bits per heavy atom. The van der Waals surface area contributed by atoms with Gasteiger partial charge in [0, 0.05) is 4.47 Å². The Morgan fingerprint density at radius 2 is 2.00 bits per heavy atom. The average Bonchev–Trinajstić information content (AvgIpc) is 2.36. The Morgan fingerprint density at radius 3 is 2.58 bits per heavy atom. The van der Waals surface area contributed by atoms with Crippen molar-refractivity contribution in [2.45, 2.75) is 40.0 Å². The topological polar surface area (TPSA) is 21.3 Å². The van der Waals surface area contributed by atoms with Gasteiger partial charge < -0.3 is 10.1 Å². The largest absolute Gasteiger partial charge is 0.494 e. The highest BCUT2D eigenvalue weighted by Crippen LogP contribution is 2.30. The van der Waals surface area contributed by atoms with Gasteiger partial charge in [0.25, 0.3) is 0 Å². The number of aryl methyl sites for hydroxylation is 1. The summed E-state index contributed by atoms with van der Waals surface area (Å²) in [6.07, 6.45) is 3.50. The van der Waals surface area contributed by atoms with Crippen molar-refractivity contribution in [1.82, 2.24) is 5.32 Å². The monoisotopic (exact) mass is 327 g/mol. The molecule has 0 unspecified atom stereocenters. The summed E-state index contributed by atoms with van der Waals surface area (Å²) in [5.74, 6) is 0.938. The molecular weight excluding hydrogens is 302 g/mol. The standard InChI is InChI=1S/C16H26BrNO/c1-5-19-14-7-6-13(15(17)12-14)8-9-16(2,3)10-11-18-4/h6-7,12,18H,5,8-11H2,1-4H3. The van der Waals surface area contributed by atoms with Crippen LogP contribution in [0.1, 0.15) is 39.2 Å². The molecule has 0 saturated heterocycles. The third kappa shape index (κ3) is 5.96. The smallest absolute Gasteiger partial charge is 0.120 e. The SMILES string of the molecule is CCOc1ccc(CCC(C)(C)CCNC)c(Br)c1. The lowest BCUT2D eigenvalue weighted by Crippen LogP contribution is -2.20. The van der Waals surface area contributed by atoms with Crippen LogP contribution in [0.15, 0.2) is 22.7 Å². The Balaban J connectivity index is 2.57. The molecule has 0 aromatic heterocycles. The molecule has 0 aliphatic heterocycles. The summed E-state index contributed by atoms with van der Waals surface area (Å²) in [5, 5.41) is 3.23. The van der Waals surface area contributed by atoms with Crippen LogP contribution in [0.3, 0.4) is 0 Å². The predicted octanol–water partition coefficient (Wildman–Crippen LogP) is 4.42. The predicted molar refractivity (Wildman–Crippen MR) is 86.0 cm³/mol. The van der Waals surface area contributed by atoms with E-state index in [1.807, 2.05) is 14.0 Å². The van der Waals surface area contributed by atoms with E-state index in [0.29, 0.717) is 12.0 Å². The summed E-state index contributed by atoms with van der Waals surface area (Å²) in [5.41, 5.74) is 1.74. The van der Waals surface area contributed by atoms with E-state index in [1.165, 1.54) is 18.4 Å². The summed E-state index contributed by atoms with van der Waals surface area (Å²) >= 11 is 3.65. The zero-order chi connectivity index (χ0) is 14.3. The third-order valence-corrected chi connectivity index (χ3v) is 4.20. The minimum Gasteiger partial charge on any atom is -0.494 e. The van der Waals surface area contributed by atoms with Crippen LogP contribution in [0.4, 0.5) is 0 Å². The van der Waals surface area contributed by atoms with Gasteiger partial charge in [-0.05, 0) is 62.9 Å². The van der Waals surface area contributed by atoms with Gasteiger partial charge >= 0.3 is 0 Å². The molecule has 0 heterocycles. The Hall–Kier alpha value is -0.540. The maximum Gasteiger partial charge on any atom is 0.120 e. The number of halogens is 1. The molecule has 0 aliphatic rings. The fourth-order valence-corrected chi connectivity index (χ4v) is 2.60. The molecule has 108 valence electrons. The number of rotatable bonds is 8. The van der Waals surface area contributed by atoms with Crippen LogP contribution in [-0.4, -0.2) is 20.2 Å². The highest BCUT2D eigenvalue weighted by atomic mass is 79.9. The fraction of sp³-hybridized carbons (Fsp3) is 0.625. The van der Waals surface area contributed by atoms with Crippen LogP contribution < -0.4 is 10.1 Å². The van der Waals surface area contributed by atoms with Crippen LogP contribution in [0.5, 0.6) is 5.75 Å². The van der Waals surface area contributed by atoms with Gasteiger partial charge in [-0.15, -0.1) is 0 Å². The van der Waals surface area contributed by atoms with Crippen molar-refractivity contribution in [2.24, 2.45) is 5.41 Å². The molecule has 0 saturated carbocycles. The highest BCUT2D eigenvalue weighted by Gasteiger charge is 2.17. The van der Waals surface area contributed by atoms with Gasteiger partial charge in [0.15, 0.2) is 0 Å². The average molecular weight is 328 g/mol. The van der Waals surface area contributed by atoms with E-state index < -0.39 is 0 Å². The zero-order valence-electron chi connectivity index (χ0n) is 12.6. The van der Waals surface area contributed by atoms with Crippen LogP contribution in [0.25, 0.3) is 0 Å². The molecule has 0 atom stereocenters. The van der Waals surface area contributed by atoms with Crippen molar-refractivity contribution in [3.8, 4) is 5.75 Å². The maximum absolute atomic E-state index is 5.50. The number of hydrogen-bond donors (Lipinski definition) is 1. The highest BCUT2D eigenvalue weighted by molar-refractivity contribution is 9.10. The van der Waals surface area contributed by atoms with Crippen molar-refractivity contribution >= 4 is 15.9 Å². The molecule has 1 N–H and O–H groups in total. The molecular formula is C16H26BrNO. The van der Waals surface area contributed by atoms with Gasteiger partial charge in [-0.3, -0.25) is 0 Å². The lowest BCUT2D eigenvalue weighted by molar-refractivity contribution is 0.305. The molecule has 1 aromatic rings. The zero-order valence-corrected chi connectivity index (χ0v) is 14.1. The van der Waals surface area contributed by atoms with Crippen LogP contribution >= 0.6 is 15.9 Å². The Bertz CT molecular complexity index is 390. The summed E-state index contributed by atoms with van der Waals surface area (Å²) in [7, 11) is 2.01. The van der Waals surface area contributed by atoms with Crippen molar-refractivity contribution in [3.05, 3.63) is 28.2 Å². The Kier molecular flexibility index (Phi) is 6.87. The van der Waals surface area contributed by atoms with Gasteiger partial charge in [-0.2, -0.15) is 0 Å². The van der Waals surface area contributed by atoms with Gasteiger partial charge in [0.05, 0.1) is 6.61 Å². The summed E-state index contributed by atoms with van der Waals surface area (Å²) in [6.45, 7) is 8.48. The van der Waals surface area contributed by atoms with E-state index in [2.05, 4.69) is 53.3 Å². The van der Waals surface area contributed by atoms with E-state index in [0.717, 1.165) is 23.2 Å². The molecule has 0 aliphatic carbocycles. The second-order valence-corrected chi connectivity index (χ2v) is 6.56. The summed E-state index contributed by atoms with van der Waals surface area (Å²) in [4.78, 5) is 0. The number of nitrogens with one attached hydrogen (secondary N) is 1. The first-order valence-corrected chi connectivity index (χ1v) is 7.83. The summed E-state index contributed by atoms with van der Waals surface area (Å²) in [6, 6.07) is 6.30. The minimum atomic E-state index is 0.376. The molecule has 0 fully saturated rings. The van der Waals surface area contributed by atoms with Crippen molar-refractivity contribution in [1.29, 1.82) is 0 Å². The van der Waals surface area contributed by atoms with E-state index in [4.69, 9.17) is 4.74 Å². The molecule has 2 nitrogen and oxygen atoms in total. The van der Waals surface area contributed by atoms with Gasteiger partial charge in [-0.1, -0.05) is 35.8 Å². The van der Waals surface area contributed by atoms with E-state index in [-0.39, 0.29) is 0 Å². The third-order valence-electron chi connectivity index (χ3n) is 3.46. The maximum atomic E-state index is 5.50. The van der Waals surface area contributed by atoms with E-state index in [9.17, 15) is 0 Å². The first kappa shape index (κ1) is 16.5. The van der Waals surface area contributed by atoms with E-state index in [1.54, 1.807) is 0 Å². The molecule has 0 radical (unpaired) electrons. The molecule has 19 heavy (non-hydrogen) atoms. The molecule has 0 bridgehead atoms. The second-order valence-electron chi connectivity index (χ2n) is 5.70. The minimum absolute atomic E-state index is 0.376. The number of hydrogen-bond acceptors (Lipinski definition) is 2. The van der Waals surface area contributed by atoms with Crippen molar-refractivity contribution in [3.63, 3.8) is 0 Å².